The largest absolute Gasteiger partial charge is 0.356 e. The molecule has 1 atom stereocenters. The van der Waals surface area contributed by atoms with E-state index in [-0.39, 0.29) is 0 Å². The minimum atomic E-state index is 0.596. The number of unbranched alkanes of at least 4 members (excludes halogenated alkanes) is 1. The van der Waals surface area contributed by atoms with Gasteiger partial charge < -0.3 is 4.90 Å². The van der Waals surface area contributed by atoms with E-state index in [1.54, 1.807) is 0 Å². The molecule has 2 aliphatic rings. The minimum Gasteiger partial charge on any atom is -0.356 e. The van der Waals surface area contributed by atoms with Crippen molar-refractivity contribution in [2.45, 2.75) is 64.8 Å². The van der Waals surface area contributed by atoms with Gasteiger partial charge in [-0.1, -0.05) is 19.8 Å². The van der Waals surface area contributed by atoms with Crippen LogP contribution in [0.5, 0.6) is 0 Å². The zero-order valence-corrected chi connectivity index (χ0v) is 14.4. The van der Waals surface area contributed by atoms with Gasteiger partial charge in [-0.25, -0.2) is 4.98 Å². The van der Waals surface area contributed by atoms with Crippen molar-refractivity contribution in [1.82, 2.24) is 9.88 Å². The summed E-state index contributed by atoms with van der Waals surface area (Å²) in [4.78, 5) is 10.00. The average Bonchev–Trinajstić information content (AvgIpc) is 3.07. The molecule has 0 bridgehead atoms. The van der Waals surface area contributed by atoms with Gasteiger partial charge in [-0.15, -0.1) is 0 Å². The minimum absolute atomic E-state index is 0.596. The van der Waals surface area contributed by atoms with Crippen LogP contribution >= 0.6 is 0 Å². The molecular weight excluding hydrogens is 270 g/mol. The van der Waals surface area contributed by atoms with E-state index < -0.39 is 0 Å². The second-order valence-corrected chi connectivity index (χ2v) is 7.00. The third kappa shape index (κ3) is 3.45. The third-order valence-electron chi connectivity index (χ3n) is 5.27. The fraction of sp³-hybridized carbons (Fsp3) is 0.737. The van der Waals surface area contributed by atoms with Crippen LogP contribution in [0.4, 0.5) is 5.82 Å². The molecule has 3 heterocycles. The van der Waals surface area contributed by atoms with Gasteiger partial charge in [-0.2, -0.15) is 0 Å². The van der Waals surface area contributed by atoms with E-state index >= 15 is 0 Å². The predicted molar refractivity (Wildman–Crippen MR) is 93.5 cm³/mol. The van der Waals surface area contributed by atoms with Crippen molar-refractivity contribution >= 4 is 5.82 Å². The molecule has 0 N–H and O–H groups in total. The Labute approximate surface area is 135 Å². The molecule has 2 aliphatic heterocycles. The fourth-order valence-corrected chi connectivity index (χ4v) is 4.03. The van der Waals surface area contributed by atoms with Crippen LogP contribution in [0.25, 0.3) is 0 Å². The number of hydrogen-bond acceptors (Lipinski definition) is 3. The van der Waals surface area contributed by atoms with Gasteiger partial charge in [-0.05, 0) is 69.3 Å². The maximum absolute atomic E-state index is 4.85. The molecule has 0 amide bonds. The lowest BCUT2D eigenvalue weighted by Gasteiger charge is -2.36. The molecule has 22 heavy (non-hydrogen) atoms. The van der Waals surface area contributed by atoms with Gasteiger partial charge >= 0.3 is 0 Å². The molecule has 0 aliphatic carbocycles. The molecule has 0 unspecified atom stereocenters. The molecule has 0 radical (unpaired) electrons. The fourth-order valence-electron chi connectivity index (χ4n) is 4.03. The lowest BCUT2D eigenvalue weighted by Crippen LogP contribution is -2.34. The Morgan fingerprint density at radius 1 is 1.14 bits per heavy atom. The number of anilines is 1. The Balaban J connectivity index is 1.76. The molecule has 3 heteroatoms. The summed E-state index contributed by atoms with van der Waals surface area (Å²) in [6, 6.07) is 3.01. The highest BCUT2D eigenvalue weighted by molar-refractivity contribution is 5.48. The normalized spacial score (nSPS) is 23.2. The summed E-state index contributed by atoms with van der Waals surface area (Å²) in [5, 5.41) is 0. The van der Waals surface area contributed by atoms with Crippen LogP contribution in [-0.4, -0.2) is 36.1 Å². The van der Waals surface area contributed by atoms with E-state index in [0.29, 0.717) is 6.04 Å². The number of aromatic nitrogens is 1. The number of nitrogens with zero attached hydrogens (tertiary/aromatic N) is 3. The van der Waals surface area contributed by atoms with Crippen LogP contribution in [0.3, 0.4) is 0 Å². The van der Waals surface area contributed by atoms with E-state index in [4.69, 9.17) is 4.98 Å². The first kappa shape index (κ1) is 15.8. The number of rotatable bonds is 5. The summed E-state index contributed by atoms with van der Waals surface area (Å²) >= 11 is 0. The number of aryl methyl sites for hydroxylation is 1. The van der Waals surface area contributed by atoms with Crippen LogP contribution in [0, 0.1) is 6.92 Å². The highest BCUT2D eigenvalue weighted by atomic mass is 15.2. The zero-order chi connectivity index (χ0) is 15.4. The van der Waals surface area contributed by atoms with Crippen molar-refractivity contribution in [3.63, 3.8) is 0 Å². The molecule has 3 nitrogen and oxygen atoms in total. The summed E-state index contributed by atoms with van der Waals surface area (Å²) in [6.07, 6.45) is 11.4. The van der Waals surface area contributed by atoms with Crippen molar-refractivity contribution in [3.05, 3.63) is 23.4 Å². The Hall–Kier alpha value is -1.09. The van der Waals surface area contributed by atoms with E-state index in [2.05, 4.69) is 35.9 Å². The summed E-state index contributed by atoms with van der Waals surface area (Å²) in [5.41, 5.74) is 2.80. The van der Waals surface area contributed by atoms with Gasteiger partial charge in [-0.3, -0.25) is 4.90 Å². The van der Waals surface area contributed by atoms with Crippen LogP contribution in [-0.2, 0) is 0 Å². The molecule has 3 rings (SSSR count). The first-order valence-corrected chi connectivity index (χ1v) is 9.25. The maximum Gasteiger partial charge on any atom is 0.131 e. The van der Waals surface area contributed by atoms with Gasteiger partial charge in [0.25, 0.3) is 0 Å². The number of hydrogen-bond donors (Lipinski definition) is 0. The maximum atomic E-state index is 4.85. The second-order valence-electron chi connectivity index (χ2n) is 7.00. The summed E-state index contributed by atoms with van der Waals surface area (Å²) in [7, 11) is 0. The molecular formula is C19H31N3. The monoisotopic (exact) mass is 301 g/mol. The molecule has 0 saturated carbocycles. The smallest absolute Gasteiger partial charge is 0.131 e. The van der Waals surface area contributed by atoms with Crippen molar-refractivity contribution in [1.29, 1.82) is 0 Å². The van der Waals surface area contributed by atoms with Gasteiger partial charge in [0.15, 0.2) is 0 Å². The van der Waals surface area contributed by atoms with Crippen molar-refractivity contribution in [3.8, 4) is 0 Å². The van der Waals surface area contributed by atoms with Crippen LogP contribution < -0.4 is 4.90 Å². The number of likely N-dealkylation sites (tertiary alicyclic amines) is 1. The van der Waals surface area contributed by atoms with E-state index in [1.165, 1.54) is 88.1 Å². The molecule has 1 aromatic rings. The van der Waals surface area contributed by atoms with Crippen LogP contribution in [0.1, 0.15) is 69.0 Å². The molecule has 122 valence electrons. The van der Waals surface area contributed by atoms with Gasteiger partial charge in [0.1, 0.15) is 5.82 Å². The molecule has 2 saturated heterocycles. The molecule has 0 spiro atoms. The van der Waals surface area contributed by atoms with E-state index in [9.17, 15) is 0 Å². The van der Waals surface area contributed by atoms with Gasteiger partial charge in [0, 0.05) is 25.3 Å². The first-order chi connectivity index (χ1) is 10.8. The van der Waals surface area contributed by atoms with Crippen LogP contribution in [0.15, 0.2) is 12.3 Å². The Kier molecular flexibility index (Phi) is 5.35. The Morgan fingerprint density at radius 3 is 2.64 bits per heavy atom. The van der Waals surface area contributed by atoms with Gasteiger partial charge in [0.2, 0.25) is 0 Å². The zero-order valence-electron chi connectivity index (χ0n) is 14.4. The lowest BCUT2D eigenvalue weighted by molar-refractivity contribution is 0.146. The van der Waals surface area contributed by atoms with E-state index in [0.717, 1.165) is 0 Å². The highest BCUT2D eigenvalue weighted by Crippen LogP contribution is 2.33. The Morgan fingerprint density at radius 2 is 1.91 bits per heavy atom. The van der Waals surface area contributed by atoms with Crippen molar-refractivity contribution in [2.75, 3.05) is 31.1 Å². The Bertz CT molecular complexity index is 480. The standard InChI is InChI=1S/C19H31N3/c1-3-4-10-21-11-6-5-9-18(21)17-14-16(2)19(20-15-17)22-12-7-8-13-22/h14-15,18H,3-13H2,1-2H3/t18-/m1/s1. The average molecular weight is 301 g/mol. The summed E-state index contributed by atoms with van der Waals surface area (Å²) < 4.78 is 0. The first-order valence-electron chi connectivity index (χ1n) is 9.25. The number of piperidine rings is 1. The third-order valence-corrected chi connectivity index (χ3v) is 5.27. The highest BCUT2D eigenvalue weighted by Gasteiger charge is 2.25. The quantitative estimate of drug-likeness (QED) is 0.807. The predicted octanol–water partition coefficient (Wildman–Crippen LogP) is 4.32. The topological polar surface area (TPSA) is 19.4 Å². The molecule has 1 aromatic heterocycles. The van der Waals surface area contributed by atoms with Gasteiger partial charge in [0.05, 0.1) is 0 Å². The summed E-state index contributed by atoms with van der Waals surface area (Å²) in [5.74, 6) is 1.22. The van der Waals surface area contributed by atoms with Crippen LogP contribution in [0.2, 0.25) is 0 Å². The summed E-state index contributed by atoms with van der Waals surface area (Å²) in [6.45, 7) is 9.39. The molecule has 2 fully saturated rings. The molecule has 0 aromatic carbocycles. The van der Waals surface area contributed by atoms with E-state index in [1.807, 2.05) is 0 Å². The second kappa shape index (κ2) is 7.45. The van der Waals surface area contributed by atoms with Crippen molar-refractivity contribution < 1.29 is 0 Å². The lowest BCUT2D eigenvalue weighted by atomic mass is 9.95. The SMILES string of the molecule is CCCCN1CCCC[C@@H]1c1cnc(N2CCCC2)c(C)c1. The van der Waals surface area contributed by atoms with Crippen molar-refractivity contribution in [2.24, 2.45) is 0 Å². The number of pyridine rings is 1.